The number of carbonyl (C=O) groups excluding carboxylic acids is 1. The maximum Gasteiger partial charge on any atom is 0.331 e. The number of furan rings is 1. The van der Waals surface area contributed by atoms with Crippen LogP contribution >= 0.6 is 11.3 Å². The van der Waals surface area contributed by atoms with E-state index in [0.29, 0.717) is 24.3 Å². The van der Waals surface area contributed by atoms with Gasteiger partial charge in [-0.25, -0.2) is 4.79 Å². The Morgan fingerprint density at radius 2 is 2.20 bits per heavy atom. The topological polar surface area (TPSA) is 70.8 Å². The lowest BCUT2D eigenvalue weighted by Crippen LogP contribution is -2.42. The van der Waals surface area contributed by atoms with Crippen LogP contribution in [0.1, 0.15) is 32.8 Å². The molecule has 0 saturated heterocycles. The molecule has 2 aromatic rings. The highest BCUT2D eigenvalue weighted by Crippen LogP contribution is 2.34. The molecule has 6 heteroatoms. The summed E-state index contributed by atoms with van der Waals surface area (Å²) in [6, 6.07) is 4.14. The van der Waals surface area contributed by atoms with Crippen LogP contribution in [0, 0.1) is 6.92 Å². The van der Waals surface area contributed by atoms with Crippen LogP contribution in [-0.2, 0) is 11.2 Å². The summed E-state index contributed by atoms with van der Waals surface area (Å²) >= 11 is 1.54. The summed E-state index contributed by atoms with van der Waals surface area (Å²) < 4.78 is 5.31. The Bertz CT molecular complexity index is 672. The number of hydrogen-bond donors (Lipinski definition) is 1. The quantitative estimate of drug-likeness (QED) is 0.922. The predicted octanol–water partition coefficient (Wildman–Crippen LogP) is 2.47. The maximum atomic E-state index is 12.4. The molecule has 1 aliphatic rings. The van der Waals surface area contributed by atoms with Crippen LogP contribution < -0.4 is 0 Å². The van der Waals surface area contributed by atoms with Crippen LogP contribution in [0.15, 0.2) is 28.0 Å². The maximum absolute atomic E-state index is 12.4. The number of carboxylic acid groups (broad SMARTS) is 1. The van der Waals surface area contributed by atoms with Gasteiger partial charge in [0.05, 0.1) is 0 Å². The van der Waals surface area contributed by atoms with E-state index in [0.717, 1.165) is 4.88 Å². The van der Waals surface area contributed by atoms with Crippen molar-refractivity contribution in [1.82, 2.24) is 4.90 Å². The molecule has 0 radical (unpaired) electrons. The van der Waals surface area contributed by atoms with Gasteiger partial charge in [-0.05, 0) is 42.5 Å². The third kappa shape index (κ3) is 2.02. The Balaban J connectivity index is 1.97. The van der Waals surface area contributed by atoms with Crippen LogP contribution in [0.5, 0.6) is 0 Å². The van der Waals surface area contributed by atoms with Crippen molar-refractivity contribution in [2.45, 2.75) is 19.4 Å². The number of aryl methyl sites for hydroxylation is 1. The molecular weight excluding hydrogens is 278 g/mol. The van der Waals surface area contributed by atoms with E-state index in [4.69, 9.17) is 4.42 Å². The van der Waals surface area contributed by atoms with E-state index in [1.165, 1.54) is 16.2 Å². The second-order valence-corrected chi connectivity index (χ2v) is 5.70. The van der Waals surface area contributed by atoms with Gasteiger partial charge in [0.15, 0.2) is 11.8 Å². The van der Waals surface area contributed by atoms with Crippen LogP contribution in [0.3, 0.4) is 0 Å². The highest BCUT2D eigenvalue weighted by Gasteiger charge is 2.37. The van der Waals surface area contributed by atoms with Crippen molar-refractivity contribution in [2.24, 2.45) is 0 Å². The lowest BCUT2D eigenvalue weighted by molar-refractivity contribution is -0.143. The summed E-state index contributed by atoms with van der Waals surface area (Å²) in [6.07, 6.45) is 0.683. The highest BCUT2D eigenvalue weighted by atomic mass is 32.1. The second kappa shape index (κ2) is 4.79. The fourth-order valence-electron chi connectivity index (χ4n) is 2.49. The summed E-state index contributed by atoms with van der Waals surface area (Å²) in [5.41, 5.74) is 0.713. The normalized spacial score (nSPS) is 17.9. The SMILES string of the molecule is Cc1ccc(C(=O)N2CCc3sccc3C2C(=O)O)o1. The molecule has 0 saturated carbocycles. The fourth-order valence-corrected chi connectivity index (χ4v) is 3.40. The van der Waals surface area contributed by atoms with Crippen molar-refractivity contribution < 1.29 is 19.1 Å². The molecule has 0 spiro atoms. The fraction of sp³-hybridized carbons (Fsp3) is 0.286. The molecule has 20 heavy (non-hydrogen) atoms. The van der Waals surface area contributed by atoms with Gasteiger partial charge < -0.3 is 14.4 Å². The molecule has 5 nitrogen and oxygen atoms in total. The molecular formula is C14H13NO4S. The Hall–Kier alpha value is -2.08. The monoisotopic (exact) mass is 291 g/mol. The summed E-state index contributed by atoms with van der Waals surface area (Å²) in [5.74, 6) is -0.566. The third-order valence-corrected chi connectivity index (χ3v) is 4.41. The van der Waals surface area contributed by atoms with Gasteiger partial charge in [-0.15, -0.1) is 11.3 Å². The Morgan fingerprint density at radius 1 is 1.40 bits per heavy atom. The van der Waals surface area contributed by atoms with Crippen LogP contribution in [0.4, 0.5) is 0 Å². The van der Waals surface area contributed by atoms with Crippen LogP contribution in [0.2, 0.25) is 0 Å². The van der Waals surface area contributed by atoms with E-state index in [2.05, 4.69) is 0 Å². The molecule has 0 bridgehead atoms. The summed E-state index contributed by atoms with van der Waals surface area (Å²) in [5, 5.41) is 11.3. The number of fused-ring (bicyclic) bond motifs is 1. The summed E-state index contributed by atoms with van der Waals surface area (Å²) in [4.78, 5) is 26.4. The zero-order chi connectivity index (χ0) is 14.3. The molecule has 0 aromatic carbocycles. The number of aliphatic carboxylic acids is 1. The van der Waals surface area contributed by atoms with Crippen molar-refractivity contribution >= 4 is 23.2 Å². The number of amides is 1. The molecule has 0 fully saturated rings. The van der Waals surface area contributed by atoms with Gasteiger partial charge in [0.25, 0.3) is 5.91 Å². The number of hydrogen-bond acceptors (Lipinski definition) is 4. The van der Waals surface area contributed by atoms with Gasteiger partial charge in [0.2, 0.25) is 0 Å². The molecule has 3 heterocycles. The summed E-state index contributed by atoms with van der Waals surface area (Å²) in [7, 11) is 0. The minimum Gasteiger partial charge on any atom is -0.479 e. The predicted molar refractivity (Wildman–Crippen MR) is 72.9 cm³/mol. The van der Waals surface area contributed by atoms with Gasteiger partial charge in [-0.1, -0.05) is 0 Å². The number of carboxylic acids is 1. The lowest BCUT2D eigenvalue weighted by Gasteiger charge is -2.32. The molecule has 1 aliphatic heterocycles. The van der Waals surface area contributed by atoms with Gasteiger partial charge in [-0.3, -0.25) is 4.79 Å². The largest absolute Gasteiger partial charge is 0.479 e. The number of thiophene rings is 1. The second-order valence-electron chi connectivity index (χ2n) is 4.70. The average molecular weight is 291 g/mol. The van der Waals surface area contributed by atoms with Gasteiger partial charge >= 0.3 is 5.97 Å². The van der Waals surface area contributed by atoms with Crippen molar-refractivity contribution in [1.29, 1.82) is 0 Å². The van der Waals surface area contributed by atoms with Gasteiger partial charge in [0, 0.05) is 11.4 Å². The smallest absolute Gasteiger partial charge is 0.331 e. The van der Waals surface area contributed by atoms with Crippen molar-refractivity contribution in [3.63, 3.8) is 0 Å². The van der Waals surface area contributed by atoms with Crippen molar-refractivity contribution in [3.05, 3.63) is 45.5 Å². The van der Waals surface area contributed by atoms with Crippen molar-refractivity contribution in [3.8, 4) is 0 Å². The van der Waals surface area contributed by atoms with E-state index in [9.17, 15) is 14.7 Å². The van der Waals surface area contributed by atoms with Gasteiger partial charge in [0.1, 0.15) is 5.76 Å². The first-order valence-corrected chi connectivity index (χ1v) is 7.12. The minimum atomic E-state index is -1.01. The molecule has 3 rings (SSSR count). The molecule has 2 aromatic heterocycles. The first-order chi connectivity index (χ1) is 9.58. The third-order valence-electron chi connectivity index (χ3n) is 3.41. The average Bonchev–Trinajstić information content (AvgIpc) is 3.04. The molecule has 1 atom stereocenters. The van der Waals surface area contributed by atoms with Gasteiger partial charge in [-0.2, -0.15) is 0 Å². The lowest BCUT2D eigenvalue weighted by atomic mass is 10.00. The zero-order valence-corrected chi connectivity index (χ0v) is 11.6. The first kappa shape index (κ1) is 12.9. The standard InChI is InChI=1S/C14H13NO4S/c1-8-2-3-10(19-8)13(16)15-6-4-11-9(5-7-20-11)12(15)14(17)18/h2-3,5,7,12H,4,6H2,1H3,(H,17,18). The molecule has 1 amide bonds. The minimum absolute atomic E-state index is 0.187. The Kier molecular flexibility index (Phi) is 3.10. The summed E-state index contributed by atoms with van der Waals surface area (Å²) in [6.45, 7) is 2.14. The first-order valence-electron chi connectivity index (χ1n) is 6.24. The van der Waals surface area contributed by atoms with Crippen LogP contribution in [-0.4, -0.2) is 28.4 Å². The number of carbonyl (C=O) groups is 2. The molecule has 0 aliphatic carbocycles. The number of rotatable bonds is 2. The molecule has 1 unspecified atom stereocenters. The zero-order valence-electron chi connectivity index (χ0n) is 10.8. The van der Waals surface area contributed by atoms with Crippen molar-refractivity contribution in [2.75, 3.05) is 6.54 Å². The van der Waals surface area contributed by atoms with E-state index in [1.54, 1.807) is 25.1 Å². The van der Waals surface area contributed by atoms with E-state index < -0.39 is 12.0 Å². The number of nitrogens with zero attached hydrogens (tertiary/aromatic N) is 1. The Labute approximate surface area is 119 Å². The van der Waals surface area contributed by atoms with E-state index in [-0.39, 0.29) is 11.7 Å². The Morgan fingerprint density at radius 3 is 2.85 bits per heavy atom. The molecule has 104 valence electrons. The van der Waals surface area contributed by atoms with E-state index in [1.807, 2.05) is 5.38 Å². The van der Waals surface area contributed by atoms with Crippen LogP contribution in [0.25, 0.3) is 0 Å². The molecule has 1 N–H and O–H groups in total. The highest BCUT2D eigenvalue weighted by molar-refractivity contribution is 7.10. The van der Waals surface area contributed by atoms with E-state index >= 15 is 0 Å².